The molecule has 0 saturated carbocycles. The normalized spacial score (nSPS) is 17.7. The van der Waals surface area contributed by atoms with Crippen molar-refractivity contribution in [3.05, 3.63) is 35.4 Å². The van der Waals surface area contributed by atoms with Gasteiger partial charge in [0.05, 0.1) is 6.04 Å². The second kappa shape index (κ2) is 10.1. The number of benzene rings is 1. The lowest BCUT2D eigenvalue weighted by molar-refractivity contribution is -0.123. The molecule has 0 radical (unpaired) electrons. The van der Waals surface area contributed by atoms with Crippen LogP contribution in [0.2, 0.25) is 0 Å². The van der Waals surface area contributed by atoms with E-state index in [9.17, 15) is 13.6 Å². The molecule has 2 unspecified atom stereocenters. The summed E-state index contributed by atoms with van der Waals surface area (Å²) in [5.41, 5.74) is 0.342. The Labute approximate surface area is 155 Å². The average molecular weight is 375 g/mol. The van der Waals surface area contributed by atoms with Crippen molar-refractivity contribution in [3.63, 3.8) is 0 Å². The first-order valence-corrected chi connectivity index (χ1v) is 8.83. The first-order valence-electron chi connectivity index (χ1n) is 8.83. The Balaban J connectivity index is 0.00000312. The van der Waals surface area contributed by atoms with E-state index in [1.807, 2.05) is 13.8 Å². The smallest absolute Gasteiger partial charge is 0.220 e. The Morgan fingerprint density at radius 1 is 1.24 bits per heavy atom. The molecule has 0 aliphatic carbocycles. The summed E-state index contributed by atoms with van der Waals surface area (Å²) in [5.74, 6) is -0.411. The average Bonchev–Trinajstić information content (AvgIpc) is 2.54. The predicted octanol–water partition coefficient (Wildman–Crippen LogP) is 4.23. The van der Waals surface area contributed by atoms with E-state index in [0.29, 0.717) is 23.8 Å². The molecule has 1 aliphatic heterocycles. The SMILES string of the molecule is CC(C)C(NC(=O)CC(C)C1CCNCC1)c1ccc(F)cc1F.Cl. The minimum Gasteiger partial charge on any atom is -0.349 e. The van der Waals surface area contributed by atoms with Crippen LogP contribution in [0.1, 0.15) is 51.6 Å². The fourth-order valence-corrected chi connectivity index (χ4v) is 3.46. The van der Waals surface area contributed by atoms with Gasteiger partial charge in [-0.1, -0.05) is 26.8 Å². The van der Waals surface area contributed by atoms with Crippen molar-refractivity contribution < 1.29 is 13.6 Å². The molecule has 1 aromatic carbocycles. The van der Waals surface area contributed by atoms with Gasteiger partial charge in [0.2, 0.25) is 5.91 Å². The maximum Gasteiger partial charge on any atom is 0.220 e. The van der Waals surface area contributed by atoms with Gasteiger partial charge >= 0.3 is 0 Å². The number of carbonyl (C=O) groups is 1. The van der Waals surface area contributed by atoms with Crippen molar-refractivity contribution in [3.8, 4) is 0 Å². The van der Waals surface area contributed by atoms with E-state index >= 15 is 0 Å². The van der Waals surface area contributed by atoms with E-state index in [0.717, 1.165) is 32.0 Å². The monoisotopic (exact) mass is 374 g/mol. The third-order valence-electron chi connectivity index (χ3n) is 4.98. The van der Waals surface area contributed by atoms with E-state index in [2.05, 4.69) is 17.6 Å². The zero-order valence-corrected chi connectivity index (χ0v) is 16.0. The van der Waals surface area contributed by atoms with Crippen LogP contribution in [0.25, 0.3) is 0 Å². The summed E-state index contributed by atoms with van der Waals surface area (Å²) in [7, 11) is 0. The second-order valence-corrected chi connectivity index (χ2v) is 7.22. The number of hydrogen-bond acceptors (Lipinski definition) is 2. The molecule has 1 aromatic rings. The van der Waals surface area contributed by atoms with Gasteiger partial charge in [0.25, 0.3) is 0 Å². The zero-order chi connectivity index (χ0) is 17.7. The molecule has 3 nitrogen and oxygen atoms in total. The molecule has 0 aromatic heterocycles. The van der Waals surface area contributed by atoms with Crippen LogP contribution >= 0.6 is 12.4 Å². The number of amides is 1. The molecule has 0 bridgehead atoms. The Bertz CT molecular complexity index is 562. The van der Waals surface area contributed by atoms with Crippen LogP contribution in [0.15, 0.2) is 18.2 Å². The highest BCUT2D eigenvalue weighted by molar-refractivity contribution is 5.85. The first-order chi connectivity index (χ1) is 11.4. The predicted molar refractivity (Wildman–Crippen MR) is 98.7 cm³/mol. The molecule has 25 heavy (non-hydrogen) atoms. The molecule has 1 heterocycles. The lowest BCUT2D eigenvalue weighted by Gasteiger charge is -2.29. The van der Waals surface area contributed by atoms with Gasteiger partial charge in [0.1, 0.15) is 11.6 Å². The number of nitrogens with one attached hydrogen (secondary N) is 2. The van der Waals surface area contributed by atoms with Gasteiger partial charge in [-0.2, -0.15) is 0 Å². The third kappa shape index (κ3) is 6.23. The minimum atomic E-state index is -0.611. The van der Waals surface area contributed by atoms with Crippen molar-refractivity contribution in [2.24, 2.45) is 17.8 Å². The highest BCUT2D eigenvalue weighted by Crippen LogP contribution is 2.27. The van der Waals surface area contributed by atoms with E-state index in [-0.39, 0.29) is 24.2 Å². The molecular formula is C19H29ClF2N2O. The summed E-state index contributed by atoms with van der Waals surface area (Å²) in [4.78, 5) is 12.4. The highest BCUT2D eigenvalue weighted by Gasteiger charge is 2.25. The maximum absolute atomic E-state index is 14.1. The van der Waals surface area contributed by atoms with Crippen LogP contribution in [-0.2, 0) is 4.79 Å². The van der Waals surface area contributed by atoms with Crippen LogP contribution in [0.3, 0.4) is 0 Å². The zero-order valence-electron chi connectivity index (χ0n) is 15.1. The van der Waals surface area contributed by atoms with Gasteiger partial charge in [-0.3, -0.25) is 4.79 Å². The van der Waals surface area contributed by atoms with Crippen LogP contribution in [-0.4, -0.2) is 19.0 Å². The molecule has 1 amide bonds. The van der Waals surface area contributed by atoms with Crippen LogP contribution in [0, 0.1) is 29.4 Å². The van der Waals surface area contributed by atoms with Crippen LogP contribution < -0.4 is 10.6 Å². The largest absolute Gasteiger partial charge is 0.349 e. The number of halogens is 3. The molecule has 1 aliphatic rings. The standard InChI is InChI=1S/C19H28F2N2O.ClH/c1-12(2)19(16-5-4-15(20)11-17(16)21)23-18(24)10-13(3)14-6-8-22-9-7-14;/h4-5,11-14,19,22H,6-10H2,1-3H3,(H,23,24);1H. The van der Waals surface area contributed by atoms with Gasteiger partial charge in [-0.15, -0.1) is 12.4 Å². The molecule has 1 fully saturated rings. The van der Waals surface area contributed by atoms with Crippen LogP contribution in [0.4, 0.5) is 8.78 Å². The number of rotatable bonds is 6. The maximum atomic E-state index is 14.1. The van der Waals surface area contributed by atoms with E-state index in [1.54, 1.807) is 0 Å². The molecular weight excluding hydrogens is 346 g/mol. The number of hydrogen-bond donors (Lipinski definition) is 2. The van der Waals surface area contributed by atoms with Gasteiger partial charge < -0.3 is 10.6 Å². The highest BCUT2D eigenvalue weighted by atomic mass is 35.5. The summed E-state index contributed by atoms with van der Waals surface area (Å²) in [6, 6.07) is 3.08. The Morgan fingerprint density at radius 3 is 2.44 bits per heavy atom. The van der Waals surface area contributed by atoms with Gasteiger partial charge in [-0.05, 0) is 49.8 Å². The third-order valence-corrected chi connectivity index (χ3v) is 4.98. The van der Waals surface area contributed by atoms with Crippen molar-refractivity contribution in [2.75, 3.05) is 13.1 Å². The lowest BCUT2D eigenvalue weighted by Crippen LogP contribution is -2.36. The Kier molecular flexibility index (Phi) is 8.80. The van der Waals surface area contributed by atoms with E-state index in [1.165, 1.54) is 12.1 Å². The van der Waals surface area contributed by atoms with Gasteiger partial charge in [0.15, 0.2) is 0 Å². The van der Waals surface area contributed by atoms with E-state index in [4.69, 9.17) is 0 Å². The fraction of sp³-hybridized carbons (Fsp3) is 0.632. The summed E-state index contributed by atoms with van der Waals surface area (Å²) < 4.78 is 27.2. The van der Waals surface area contributed by atoms with Gasteiger partial charge in [0, 0.05) is 18.1 Å². The Hall–Kier alpha value is -1.20. The van der Waals surface area contributed by atoms with Crippen molar-refractivity contribution in [1.82, 2.24) is 10.6 Å². The molecule has 6 heteroatoms. The topological polar surface area (TPSA) is 41.1 Å². The Morgan fingerprint density at radius 2 is 1.88 bits per heavy atom. The van der Waals surface area contributed by atoms with E-state index < -0.39 is 17.7 Å². The van der Waals surface area contributed by atoms with Gasteiger partial charge in [-0.25, -0.2) is 8.78 Å². The summed E-state index contributed by atoms with van der Waals surface area (Å²) in [6.07, 6.45) is 2.62. The molecule has 142 valence electrons. The number of piperidine rings is 1. The van der Waals surface area contributed by atoms with Crippen molar-refractivity contribution in [2.45, 2.75) is 46.1 Å². The molecule has 2 atom stereocenters. The summed E-state index contributed by atoms with van der Waals surface area (Å²) in [6.45, 7) is 7.96. The number of carbonyl (C=O) groups excluding carboxylic acids is 1. The molecule has 2 rings (SSSR count). The second-order valence-electron chi connectivity index (χ2n) is 7.22. The van der Waals surface area contributed by atoms with Crippen molar-refractivity contribution in [1.29, 1.82) is 0 Å². The lowest BCUT2D eigenvalue weighted by atomic mass is 9.84. The molecule has 0 spiro atoms. The summed E-state index contributed by atoms with van der Waals surface area (Å²) in [5, 5.41) is 6.28. The van der Waals surface area contributed by atoms with Crippen LogP contribution in [0.5, 0.6) is 0 Å². The molecule has 1 saturated heterocycles. The fourth-order valence-electron chi connectivity index (χ4n) is 3.46. The quantitative estimate of drug-likeness (QED) is 0.782. The molecule has 2 N–H and O–H groups in total. The van der Waals surface area contributed by atoms with Crippen molar-refractivity contribution >= 4 is 18.3 Å². The summed E-state index contributed by atoms with van der Waals surface area (Å²) >= 11 is 0. The minimum absolute atomic E-state index is 0. The first kappa shape index (κ1) is 21.8.